The zero-order valence-electron chi connectivity index (χ0n) is 57.4. The Kier molecular flexibility index (Phi) is 29.1. The first kappa shape index (κ1) is 87.7. The summed E-state index contributed by atoms with van der Waals surface area (Å²) in [6.45, 7) is 13.2. The first-order valence-corrected chi connectivity index (χ1v) is 36.1. The smallest absolute Gasteiger partial charge is 0.726 e. The first-order chi connectivity index (χ1) is 45.0. The van der Waals surface area contributed by atoms with Gasteiger partial charge in [0.05, 0.1) is 50.0 Å². The molecule has 9 fully saturated rings. The van der Waals surface area contributed by atoms with E-state index < -0.39 is 238 Å². The van der Waals surface area contributed by atoms with Gasteiger partial charge in [0.25, 0.3) is 0 Å². The van der Waals surface area contributed by atoms with Crippen LogP contribution in [0, 0.1) is 39.4 Å². The van der Waals surface area contributed by atoms with E-state index in [4.69, 9.17) is 61.0 Å². The number of carbonyl (C=O) groups excluding carboxylic acids is 2. The Morgan fingerprint density at radius 2 is 1.18 bits per heavy atom. The molecule has 0 aromatic carbocycles. The van der Waals surface area contributed by atoms with Gasteiger partial charge < -0.3 is 116 Å². The van der Waals surface area contributed by atoms with Crippen LogP contribution >= 0.6 is 0 Å². The van der Waals surface area contributed by atoms with Crippen LogP contribution in [0.4, 0.5) is 0 Å². The summed E-state index contributed by atoms with van der Waals surface area (Å²) in [4.78, 5) is 28.9. The van der Waals surface area contributed by atoms with Crippen LogP contribution in [0.3, 0.4) is 0 Å². The van der Waals surface area contributed by atoms with Crippen molar-refractivity contribution >= 4 is 42.9 Å². The molecule has 10 aliphatic rings. The van der Waals surface area contributed by atoms with Gasteiger partial charge in [-0.2, -0.15) is 0 Å². The molecule has 0 amide bonds. The molecule has 28 unspecified atom stereocenters. The number of carbonyl (C=O) groups is 2. The number of cyclic esters (lactones) is 1. The van der Waals surface area contributed by atoms with E-state index in [0.29, 0.717) is 44.9 Å². The maximum atomic E-state index is 14.5. The second kappa shape index (κ2) is 33.2. The van der Waals surface area contributed by atoms with E-state index in [9.17, 15) is 94.5 Å². The van der Waals surface area contributed by atoms with Crippen LogP contribution in [0.2, 0.25) is 0 Å². The molecule has 6 saturated heterocycles. The Bertz CT molecular complexity index is 3270. The van der Waals surface area contributed by atoms with E-state index in [1.807, 2.05) is 34.6 Å². The molecule has 0 aromatic heterocycles. The van der Waals surface area contributed by atoms with Crippen LogP contribution in [-0.4, -0.2) is 283 Å². The molecular weight excluding hydrogens is 1430 g/mol. The molecule has 3 saturated carbocycles. The topological polar surface area (TPSA) is 526 Å². The van der Waals surface area contributed by atoms with E-state index in [2.05, 4.69) is 27.9 Å². The van der Waals surface area contributed by atoms with Gasteiger partial charge >= 0.3 is 94.6 Å². The van der Waals surface area contributed by atoms with Gasteiger partial charge in [-0.3, -0.25) is 22.1 Å². The van der Waals surface area contributed by atoms with Crippen molar-refractivity contribution in [2.75, 3.05) is 33.5 Å². The molecule has 556 valence electrons. The molecule has 6 heterocycles. The minimum atomic E-state index is -5.60. The average molecular weight is 1520 g/mol. The standard InChI is InChI=1S/C59H92O35S3.3Na/c1-24(2)11-10-16-58(8)48-28(60)19-57(7)27-12-13-33-55(4,5)34(15-17-56(33,6)26(27)14-18-59(48,57)54(70)93-58)88-52-46(38(65)32(21-82-52)94-97(77,78)79)92-53-47(91-49-39(66)35(62)29(61)20-81-49)40(67)43(25(3)85-53)89-51-42(69)45(37(64)31(87-51)23-84-96(74,75)76)90-50-41(68)44(80-9)36(63)30(86-50)22-83-95(71,72)73;;;/h12,25-26,29-53,61-69H,1,10-11,13-23H2,2-9H3,(H,71,72,73)(H,74,75,76)(H,77,78,79);;;/q;3*+1/p-3/t25?,26?,29?,30?,31?,32?,33?,34?,35?,36?,37?,38?,39?,40?,41?,42?,43?,44?,45?,46?,47?,48?,49?,50?,51?,52?,53?,56-,57+,58+,59?;;;/m1.../s1. The molecule has 4 aliphatic carbocycles. The summed E-state index contributed by atoms with van der Waals surface area (Å²) in [6.07, 6.45) is -40.9. The van der Waals surface area contributed by atoms with Crippen LogP contribution in [0.5, 0.6) is 0 Å². The molecule has 35 nitrogen and oxygen atoms in total. The zero-order valence-corrected chi connectivity index (χ0v) is 65.9. The summed E-state index contributed by atoms with van der Waals surface area (Å²) in [7, 11) is -15.6. The number of aliphatic hydroxyl groups is 9. The molecule has 10 rings (SSSR count). The van der Waals surface area contributed by atoms with Crippen molar-refractivity contribution in [2.24, 2.45) is 39.4 Å². The average Bonchev–Trinajstić information content (AvgIpc) is 1.47. The number of hydrogen-bond acceptors (Lipinski definition) is 35. The van der Waals surface area contributed by atoms with E-state index in [1.54, 1.807) is 0 Å². The van der Waals surface area contributed by atoms with Crippen LogP contribution in [0.25, 0.3) is 0 Å². The molecule has 0 bridgehead atoms. The number of Topliss-reactive ketones (excluding diaryl/α,β-unsaturated/α-hetero) is 1. The molecule has 31 atom stereocenters. The predicted molar refractivity (Wildman–Crippen MR) is 313 cm³/mol. The summed E-state index contributed by atoms with van der Waals surface area (Å²) in [6, 6.07) is 0. The summed E-state index contributed by atoms with van der Waals surface area (Å²) in [5, 5.41) is 102. The fourth-order valence-electron chi connectivity index (χ4n) is 17.5. The van der Waals surface area contributed by atoms with Gasteiger partial charge in [-0.15, -0.1) is 6.58 Å². The maximum Gasteiger partial charge on any atom is 1.00 e. The minimum Gasteiger partial charge on any atom is -0.726 e. The molecule has 1 spiro atoms. The number of esters is 1. The molecular formula is C59H89Na3O35S3. The van der Waals surface area contributed by atoms with Crippen molar-refractivity contribution < 1.29 is 253 Å². The van der Waals surface area contributed by atoms with Crippen molar-refractivity contribution in [2.45, 2.75) is 259 Å². The summed E-state index contributed by atoms with van der Waals surface area (Å²) in [5.41, 5.74) is -2.10. The van der Waals surface area contributed by atoms with Gasteiger partial charge in [0.2, 0.25) is 31.2 Å². The third kappa shape index (κ3) is 17.3. The maximum absolute atomic E-state index is 14.5. The number of rotatable bonds is 23. The molecule has 0 aromatic rings. The summed E-state index contributed by atoms with van der Waals surface area (Å²) >= 11 is 0. The largest absolute Gasteiger partial charge is 1.00 e. The Hall–Kier alpha value is 0.430. The van der Waals surface area contributed by atoms with Gasteiger partial charge in [0, 0.05) is 18.9 Å². The van der Waals surface area contributed by atoms with Gasteiger partial charge in [-0.1, -0.05) is 44.9 Å². The van der Waals surface area contributed by atoms with Gasteiger partial charge in [-0.25, -0.2) is 25.3 Å². The zero-order chi connectivity index (χ0) is 71.4. The minimum absolute atomic E-state index is 0. The third-order valence-electron chi connectivity index (χ3n) is 22.2. The van der Waals surface area contributed by atoms with Gasteiger partial charge in [0.1, 0.15) is 115 Å². The Morgan fingerprint density at radius 1 is 0.630 bits per heavy atom. The van der Waals surface area contributed by atoms with E-state index in [-0.39, 0.29) is 119 Å². The van der Waals surface area contributed by atoms with Crippen molar-refractivity contribution in [3.63, 3.8) is 0 Å². The third-order valence-corrected chi connectivity index (χ3v) is 23.5. The van der Waals surface area contributed by atoms with Crippen molar-refractivity contribution in [1.29, 1.82) is 0 Å². The molecule has 100 heavy (non-hydrogen) atoms. The predicted octanol–water partition coefficient (Wildman–Crippen LogP) is -12.3. The van der Waals surface area contributed by atoms with E-state index in [0.717, 1.165) is 24.7 Å². The monoisotopic (exact) mass is 1520 g/mol. The number of allylic oxidation sites excluding steroid dienone is 3. The van der Waals surface area contributed by atoms with E-state index in [1.165, 1.54) is 6.92 Å². The molecule has 0 radical (unpaired) electrons. The number of aliphatic hydroxyl groups excluding tert-OH is 9. The van der Waals surface area contributed by atoms with Gasteiger partial charge in [0.15, 0.2) is 31.5 Å². The summed E-state index contributed by atoms with van der Waals surface area (Å²) < 4.78 is 191. The van der Waals surface area contributed by atoms with Crippen LogP contribution < -0.4 is 88.7 Å². The first-order valence-electron chi connectivity index (χ1n) is 32.1. The van der Waals surface area contributed by atoms with Crippen LogP contribution in [-0.2, 0) is 110 Å². The van der Waals surface area contributed by atoms with Crippen molar-refractivity contribution in [3.8, 4) is 0 Å². The van der Waals surface area contributed by atoms with Crippen LogP contribution in [0.1, 0.15) is 106 Å². The van der Waals surface area contributed by atoms with Crippen LogP contribution in [0.15, 0.2) is 23.8 Å². The Balaban J connectivity index is 0.00000468. The molecule has 6 aliphatic heterocycles. The number of hydrogen-bond donors (Lipinski definition) is 9. The number of methoxy groups -OCH3 is 1. The summed E-state index contributed by atoms with van der Waals surface area (Å²) in [5.74, 6) is -1.23. The number of ether oxygens (including phenoxy) is 12. The Labute approximate surface area is 645 Å². The number of fused-ring (bicyclic) bond motifs is 4. The van der Waals surface area contributed by atoms with Crippen molar-refractivity contribution in [3.05, 3.63) is 23.8 Å². The second-order valence-corrected chi connectivity index (χ2v) is 31.8. The molecule has 41 heteroatoms. The second-order valence-electron chi connectivity index (χ2n) is 28.6. The van der Waals surface area contributed by atoms with Crippen molar-refractivity contribution in [1.82, 2.24) is 0 Å². The Morgan fingerprint density at radius 3 is 1.76 bits per heavy atom. The fraction of sp³-hybridized carbons (Fsp3) is 0.898. The SMILES string of the molecule is C=C(C)CCC[C@]1(C)OC(=O)C23CCC4C(=CCC5C(C)(C)C(OC6OCC(OS(=O)(=O)[O-])C(O)C6OC6OC(C)C(OC7OC(COS(=O)(=O)[O-])C(O)C(OC8OC(COS(=O)(=O)[O-])C(O)C(OC)C8O)C7O)C(O)C6OC6OCC(O)C(O)C6O)CC[C@]45C)[C@]2(C)CC(=O)C31.[Na+].[Na+].[Na+]. The quantitative estimate of drug-likeness (QED) is 0.0151. The number of ketones is 1. The normalized spacial score (nSPS) is 46.4. The van der Waals surface area contributed by atoms with Gasteiger partial charge in [-0.05, 0) is 94.8 Å². The fourth-order valence-corrected chi connectivity index (χ4v) is 18.6. The van der Waals surface area contributed by atoms with E-state index >= 15 is 0 Å². The molecule has 9 N–H and O–H groups in total.